The van der Waals surface area contributed by atoms with Crippen LogP contribution in [0.2, 0.25) is 0 Å². The molecular formula is C14H21O5P. The van der Waals surface area contributed by atoms with Crippen molar-refractivity contribution in [3.8, 4) is 5.75 Å². The lowest BCUT2D eigenvalue weighted by atomic mass is 10.1. The maximum atomic E-state index is 12.3. The van der Waals surface area contributed by atoms with Crippen LogP contribution in [0.4, 0.5) is 0 Å². The molecule has 5 nitrogen and oxygen atoms in total. The van der Waals surface area contributed by atoms with E-state index >= 15 is 0 Å². The Hall–Kier alpha value is -1.16. The summed E-state index contributed by atoms with van der Waals surface area (Å²) in [6.07, 6.45) is -0.247. The van der Waals surface area contributed by atoms with E-state index in [1.165, 1.54) is 0 Å². The van der Waals surface area contributed by atoms with Gasteiger partial charge in [-0.1, -0.05) is 0 Å². The van der Waals surface area contributed by atoms with Crippen LogP contribution in [0.1, 0.15) is 31.1 Å². The van der Waals surface area contributed by atoms with Crippen molar-refractivity contribution in [2.75, 3.05) is 26.0 Å². The Labute approximate surface area is 119 Å². The molecule has 0 amide bonds. The zero-order chi connectivity index (χ0) is 15.0. The second kappa shape index (κ2) is 8.20. The molecule has 0 fully saturated rings. The number of hydrogen-bond acceptors (Lipinski definition) is 5. The zero-order valence-corrected chi connectivity index (χ0v) is 13.0. The maximum absolute atomic E-state index is 12.3. The number of ether oxygens (including phenoxy) is 1. The van der Waals surface area contributed by atoms with Crippen molar-refractivity contribution in [1.82, 2.24) is 0 Å². The molecule has 1 aromatic rings. The molecule has 0 bridgehead atoms. The molecule has 20 heavy (non-hydrogen) atoms. The lowest BCUT2D eigenvalue weighted by Gasteiger charge is -2.16. The predicted molar refractivity (Wildman–Crippen MR) is 77.7 cm³/mol. The number of carbonyl (C=O) groups excluding carboxylic acids is 1. The molecule has 0 atom stereocenters. The topological polar surface area (TPSA) is 61.8 Å². The highest BCUT2D eigenvalue weighted by Gasteiger charge is 2.28. The van der Waals surface area contributed by atoms with E-state index in [1.807, 2.05) is 6.92 Å². The molecule has 0 spiro atoms. The molecule has 1 aromatic carbocycles. The molecule has 0 aliphatic carbocycles. The van der Waals surface area contributed by atoms with E-state index in [4.69, 9.17) is 13.8 Å². The summed E-state index contributed by atoms with van der Waals surface area (Å²) in [5, 5.41) is 0. The molecule has 0 N–H and O–H groups in total. The Morgan fingerprint density at radius 3 is 2.00 bits per heavy atom. The molecule has 1 rings (SSSR count). The van der Waals surface area contributed by atoms with E-state index in [2.05, 4.69) is 0 Å². The number of hydrogen-bond donors (Lipinski definition) is 0. The van der Waals surface area contributed by atoms with E-state index in [9.17, 15) is 9.36 Å². The minimum absolute atomic E-state index is 0.244. The molecule has 0 aliphatic rings. The summed E-state index contributed by atoms with van der Waals surface area (Å²) >= 11 is 0. The fourth-order valence-electron chi connectivity index (χ4n) is 1.69. The number of ketones is 1. The Morgan fingerprint density at radius 2 is 1.55 bits per heavy atom. The summed E-state index contributed by atoms with van der Waals surface area (Å²) in [5.41, 5.74) is 0.466. The van der Waals surface area contributed by atoms with E-state index < -0.39 is 7.60 Å². The number of carbonyl (C=O) groups is 1. The van der Waals surface area contributed by atoms with Crippen LogP contribution < -0.4 is 4.74 Å². The zero-order valence-electron chi connectivity index (χ0n) is 12.1. The Bertz CT molecular complexity index is 459. The van der Waals surface area contributed by atoms with Gasteiger partial charge in [0.2, 0.25) is 0 Å². The van der Waals surface area contributed by atoms with E-state index in [0.29, 0.717) is 17.9 Å². The van der Waals surface area contributed by atoms with Crippen LogP contribution in [0.25, 0.3) is 0 Å². The highest BCUT2D eigenvalue weighted by atomic mass is 31.2. The molecule has 0 radical (unpaired) electrons. The Balaban J connectivity index is 2.75. The first-order valence-electron chi connectivity index (χ1n) is 6.68. The molecule has 0 heterocycles. The first kappa shape index (κ1) is 16.9. The van der Waals surface area contributed by atoms with Gasteiger partial charge in [0, 0.05) is 5.56 Å². The van der Waals surface area contributed by atoms with Gasteiger partial charge in [0.25, 0.3) is 0 Å². The third-order valence-corrected chi connectivity index (χ3v) is 4.45. The average Bonchev–Trinajstić information content (AvgIpc) is 2.40. The lowest BCUT2D eigenvalue weighted by Crippen LogP contribution is -2.10. The lowest BCUT2D eigenvalue weighted by molar-refractivity contribution is 0.100. The highest BCUT2D eigenvalue weighted by molar-refractivity contribution is 7.54. The Kier molecular flexibility index (Phi) is 6.93. The van der Waals surface area contributed by atoms with Gasteiger partial charge in [0.1, 0.15) is 11.9 Å². The van der Waals surface area contributed by atoms with Gasteiger partial charge in [-0.2, -0.15) is 0 Å². The van der Waals surface area contributed by atoms with Gasteiger partial charge in [0.15, 0.2) is 5.78 Å². The van der Waals surface area contributed by atoms with Crippen molar-refractivity contribution < 1.29 is 23.1 Å². The predicted octanol–water partition coefficient (Wildman–Crippen LogP) is 3.53. The smallest absolute Gasteiger partial charge is 0.338 e. The van der Waals surface area contributed by atoms with Crippen LogP contribution in [0.15, 0.2) is 24.3 Å². The van der Waals surface area contributed by atoms with Crippen molar-refractivity contribution in [2.24, 2.45) is 0 Å². The van der Waals surface area contributed by atoms with E-state index in [0.717, 1.165) is 0 Å². The summed E-state index contributed by atoms with van der Waals surface area (Å²) in [7, 11) is -3.35. The van der Waals surface area contributed by atoms with E-state index in [-0.39, 0.29) is 25.2 Å². The largest absolute Gasteiger partial charge is 0.494 e. The molecule has 112 valence electrons. The van der Waals surface area contributed by atoms with Gasteiger partial charge < -0.3 is 13.8 Å². The SMILES string of the molecule is CCOc1ccc(C(=O)CP(=O)(OCC)OCC)cc1. The number of rotatable bonds is 9. The standard InChI is InChI=1S/C14H21O5P/c1-4-17-13-9-7-12(8-10-13)14(15)11-20(16,18-5-2)19-6-3/h7-10H,4-6,11H2,1-3H3. The maximum Gasteiger partial charge on any atom is 0.338 e. The van der Waals surface area contributed by atoms with Crippen molar-refractivity contribution >= 4 is 13.4 Å². The number of Topliss-reactive ketones (excluding diaryl/α,β-unsaturated/α-hetero) is 1. The average molecular weight is 300 g/mol. The van der Waals surface area contributed by atoms with Gasteiger partial charge >= 0.3 is 7.60 Å². The summed E-state index contributed by atoms with van der Waals surface area (Å²) in [5.74, 6) is 0.431. The summed E-state index contributed by atoms with van der Waals surface area (Å²) in [6.45, 7) is 6.37. The van der Waals surface area contributed by atoms with Crippen molar-refractivity contribution in [2.45, 2.75) is 20.8 Å². The first-order valence-corrected chi connectivity index (χ1v) is 8.41. The molecule has 6 heteroatoms. The fraction of sp³-hybridized carbons (Fsp3) is 0.500. The molecule has 0 saturated heterocycles. The number of benzene rings is 1. The quantitative estimate of drug-likeness (QED) is 0.515. The van der Waals surface area contributed by atoms with E-state index in [1.54, 1.807) is 38.1 Å². The fourth-order valence-corrected chi connectivity index (χ4v) is 3.27. The van der Waals surface area contributed by atoms with Crippen molar-refractivity contribution in [1.29, 1.82) is 0 Å². The Morgan fingerprint density at radius 1 is 1.00 bits per heavy atom. The van der Waals surface area contributed by atoms with Crippen LogP contribution in [0, 0.1) is 0 Å². The van der Waals surface area contributed by atoms with Crippen LogP contribution >= 0.6 is 7.60 Å². The van der Waals surface area contributed by atoms with Gasteiger partial charge in [-0.15, -0.1) is 0 Å². The van der Waals surface area contributed by atoms with Gasteiger partial charge in [-0.3, -0.25) is 9.36 Å². The van der Waals surface area contributed by atoms with Gasteiger partial charge in [-0.05, 0) is 45.0 Å². The monoisotopic (exact) mass is 300 g/mol. The second-order valence-electron chi connectivity index (χ2n) is 3.99. The van der Waals surface area contributed by atoms with Crippen LogP contribution in [0.5, 0.6) is 5.75 Å². The molecule has 0 aromatic heterocycles. The highest BCUT2D eigenvalue weighted by Crippen LogP contribution is 2.48. The minimum Gasteiger partial charge on any atom is -0.494 e. The molecule has 0 unspecified atom stereocenters. The summed E-state index contributed by atoms with van der Waals surface area (Å²) in [4.78, 5) is 12.1. The molecular weight excluding hydrogens is 279 g/mol. The molecule has 0 saturated carbocycles. The van der Waals surface area contributed by atoms with Crippen LogP contribution in [0.3, 0.4) is 0 Å². The van der Waals surface area contributed by atoms with Crippen LogP contribution in [-0.2, 0) is 13.6 Å². The summed E-state index contributed by atoms with van der Waals surface area (Å²) in [6, 6.07) is 6.72. The summed E-state index contributed by atoms with van der Waals surface area (Å²) < 4.78 is 27.8. The third-order valence-electron chi connectivity index (χ3n) is 2.48. The normalized spacial score (nSPS) is 11.3. The second-order valence-corrected chi connectivity index (χ2v) is 6.04. The van der Waals surface area contributed by atoms with Gasteiger partial charge in [0.05, 0.1) is 19.8 Å². The van der Waals surface area contributed by atoms with Gasteiger partial charge in [-0.25, -0.2) is 0 Å². The van der Waals surface area contributed by atoms with Crippen molar-refractivity contribution in [3.63, 3.8) is 0 Å². The first-order chi connectivity index (χ1) is 9.54. The molecule has 0 aliphatic heterocycles. The van der Waals surface area contributed by atoms with Crippen molar-refractivity contribution in [3.05, 3.63) is 29.8 Å². The van der Waals surface area contributed by atoms with Crippen LogP contribution in [-0.4, -0.2) is 31.8 Å². The third kappa shape index (κ3) is 5.08. The minimum atomic E-state index is -3.35.